The van der Waals surface area contributed by atoms with Gasteiger partial charge in [-0.25, -0.2) is 14.6 Å². The van der Waals surface area contributed by atoms with Gasteiger partial charge in [0.2, 0.25) is 0 Å². The van der Waals surface area contributed by atoms with Crippen LogP contribution in [0.15, 0.2) is 61.2 Å². The first-order chi connectivity index (χ1) is 17.2. The molecule has 4 aromatic rings. The molecule has 1 unspecified atom stereocenters. The highest BCUT2D eigenvalue weighted by Gasteiger charge is 2.42. The summed E-state index contributed by atoms with van der Waals surface area (Å²) in [6, 6.07) is 7.26. The quantitative estimate of drug-likeness (QED) is 0.409. The number of pyridine rings is 1. The molecule has 9 nitrogen and oxygen atoms in total. The van der Waals surface area contributed by atoms with E-state index in [-0.39, 0.29) is 22.8 Å². The summed E-state index contributed by atoms with van der Waals surface area (Å²) >= 11 is 0. The van der Waals surface area contributed by atoms with E-state index in [0.29, 0.717) is 22.8 Å². The molecule has 0 saturated carbocycles. The number of nitrogens with zero attached hydrogens (tertiary/aromatic N) is 5. The minimum atomic E-state index is -4.73. The maximum absolute atomic E-state index is 13.7. The molecule has 3 heterocycles. The third-order valence-electron chi connectivity index (χ3n) is 5.39. The highest BCUT2D eigenvalue weighted by Crippen LogP contribution is 2.34. The van der Waals surface area contributed by atoms with Crippen LogP contribution in [0.4, 0.5) is 13.2 Å². The number of aromatic nitrogens is 5. The number of amides is 1. The average molecular weight is 498 g/mol. The highest BCUT2D eigenvalue weighted by molar-refractivity contribution is 5.95. The molecule has 1 amide bonds. The Morgan fingerprint density at radius 1 is 1.08 bits per heavy atom. The van der Waals surface area contributed by atoms with E-state index in [1.54, 1.807) is 24.3 Å². The predicted octanol–water partition coefficient (Wildman–Crippen LogP) is 4.08. The van der Waals surface area contributed by atoms with Crippen molar-refractivity contribution in [3.05, 3.63) is 78.0 Å². The molecule has 0 bridgehead atoms. The van der Waals surface area contributed by atoms with Crippen molar-refractivity contribution in [3.63, 3.8) is 0 Å². The second kappa shape index (κ2) is 10.0. The van der Waals surface area contributed by atoms with Gasteiger partial charge < -0.3 is 14.8 Å². The lowest BCUT2D eigenvalue weighted by Crippen LogP contribution is -2.38. The number of alkyl halides is 3. The number of carbonyl (C=O) groups is 1. The van der Waals surface area contributed by atoms with Crippen LogP contribution in [0.5, 0.6) is 11.5 Å². The van der Waals surface area contributed by atoms with Crippen LogP contribution in [0.2, 0.25) is 0 Å². The molecule has 36 heavy (non-hydrogen) atoms. The maximum atomic E-state index is 13.7. The second-order valence-corrected chi connectivity index (χ2v) is 7.60. The van der Waals surface area contributed by atoms with Crippen molar-refractivity contribution in [2.24, 2.45) is 0 Å². The van der Waals surface area contributed by atoms with Gasteiger partial charge in [0.1, 0.15) is 11.5 Å². The number of methoxy groups -OCH3 is 2. The molecular weight excluding hydrogens is 477 g/mol. The van der Waals surface area contributed by atoms with Crippen molar-refractivity contribution in [2.75, 3.05) is 14.2 Å². The van der Waals surface area contributed by atoms with Crippen LogP contribution in [-0.2, 0) is 0 Å². The molecule has 0 aliphatic heterocycles. The number of rotatable bonds is 7. The predicted molar refractivity (Wildman–Crippen MR) is 123 cm³/mol. The van der Waals surface area contributed by atoms with E-state index in [2.05, 4.69) is 20.1 Å². The minimum Gasteiger partial charge on any atom is -0.497 e. The van der Waals surface area contributed by atoms with Crippen molar-refractivity contribution in [1.29, 1.82) is 0 Å². The summed E-state index contributed by atoms with van der Waals surface area (Å²) in [6.45, 7) is 1.54. The Morgan fingerprint density at radius 3 is 2.56 bits per heavy atom. The summed E-state index contributed by atoms with van der Waals surface area (Å²) in [5.41, 5.74) is 1.14. The minimum absolute atomic E-state index is 0.0545. The molecule has 0 saturated heterocycles. The molecule has 0 radical (unpaired) electrons. The second-order valence-electron chi connectivity index (χ2n) is 7.60. The van der Waals surface area contributed by atoms with Gasteiger partial charge in [0, 0.05) is 29.7 Å². The van der Waals surface area contributed by atoms with Gasteiger partial charge in [0.15, 0.2) is 6.04 Å². The molecule has 1 aromatic carbocycles. The van der Waals surface area contributed by atoms with Crippen molar-refractivity contribution < 1.29 is 27.4 Å². The Hall–Kier alpha value is -4.48. The highest BCUT2D eigenvalue weighted by atomic mass is 19.4. The summed E-state index contributed by atoms with van der Waals surface area (Å²) in [5, 5.41) is 6.17. The van der Waals surface area contributed by atoms with Gasteiger partial charge in [0.05, 0.1) is 37.4 Å². The standard InChI is InChI=1S/C24H21F3N6O3/c1-14-18(22(34)32-21(24(25,26)27)15-5-4-9-28-12-15)13-30-33(14)23-29-10-8-19(31-23)17-11-16(35-2)6-7-20(17)36-3/h4-13,21H,1-3H3,(H,32,34). The summed E-state index contributed by atoms with van der Waals surface area (Å²) in [7, 11) is 3.06. The largest absolute Gasteiger partial charge is 0.497 e. The van der Waals surface area contributed by atoms with E-state index in [1.165, 1.54) is 56.5 Å². The molecule has 4 rings (SSSR count). The van der Waals surface area contributed by atoms with Crippen molar-refractivity contribution in [2.45, 2.75) is 19.1 Å². The van der Waals surface area contributed by atoms with Crippen LogP contribution >= 0.6 is 0 Å². The molecule has 1 N–H and O–H groups in total. The fourth-order valence-corrected chi connectivity index (χ4v) is 3.56. The van der Waals surface area contributed by atoms with Crippen molar-refractivity contribution in [1.82, 2.24) is 30.0 Å². The topological polar surface area (TPSA) is 104 Å². The Morgan fingerprint density at radius 2 is 1.89 bits per heavy atom. The lowest BCUT2D eigenvalue weighted by atomic mass is 10.1. The summed E-state index contributed by atoms with van der Waals surface area (Å²) in [5.74, 6) is 0.309. The molecular formula is C24H21F3N6O3. The number of halogens is 3. The van der Waals surface area contributed by atoms with Gasteiger partial charge in [-0.3, -0.25) is 9.78 Å². The van der Waals surface area contributed by atoms with Crippen LogP contribution in [0.25, 0.3) is 17.2 Å². The maximum Gasteiger partial charge on any atom is 0.412 e. The smallest absolute Gasteiger partial charge is 0.412 e. The summed E-state index contributed by atoms with van der Waals surface area (Å²) < 4.78 is 53.0. The normalized spacial score (nSPS) is 12.2. The van der Waals surface area contributed by atoms with Crippen molar-refractivity contribution in [3.8, 4) is 28.7 Å². The number of ether oxygens (including phenoxy) is 2. The molecule has 0 fully saturated rings. The van der Waals surface area contributed by atoms with E-state index in [1.807, 2.05) is 5.32 Å². The zero-order valence-electron chi connectivity index (χ0n) is 19.4. The first kappa shape index (κ1) is 24.6. The number of hydrogen-bond donors (Lipinski definition) is 1. The van der Waals surface area contributed by atoms with Crippen LogP contribution < -0.4 is 14.8 Å². The molecule has 3 aromatic heterocycles. The summed E-state index contributed by atoms with van der Waals surface area (Å²) in [4.78, 5) is 25.3. The van der Waals surface area contributed by atoms with E-state index >= 15 is 0 Å². The van der Waals surface area contributed by atoms with Gasteiger partial charge in [-0.2, -0.15) is 18.3 Å². The van der Waals surface area contributed by atoms with E-state index in [0.717, 1.165) is 6.20 Å². The first-order valence-electron chi connectivity index (χ1n) is 10.6. The Balaban J connectivity index is 1.65. The monoisotopic (exact) mass is 498 g/mol. The Bertz CT molecular complexity index is 1380. The van der Waals surface area contributed by atoms with Gasteiger partial charge in [-0.15, -0.1) is 0 Å². The SMILES string of the molecule is COc1ccc(OC)c(-c2ccnc(-n3ncc(C(=O)NC(c4cccnc4)C(F)(F)F)c3C)n2)c1. The Kier molecular flexibility index (Phi) is 6.86. The molecule has 12 heteroatoms. The molecule has 1 atom stereocenters. The lowest BCUT2D eigenvalue weighted by Gasteiger charge is -2.21. The van der Waals surface area contributed by atoms with Crippen LogP contribution in [-0.4, -0.2) is 51.0 Å². The van der Waals surface area contributed by atoms with Crippen LogP contribution in [0, 0.1) is 6.92 Å². The molecule has 186 valence electrons. The van der Waals surface area contributed by atoms with E-state index in [4.69, 9.17) is 9.47 Å². The number of carbonyl (C=O) groups excluding carboxylic acids is 1. The zero-order valence-corrected chi connectivity index (χ0v) is 19.4. The van der Waals surface area contributed by atoms with Gasteiger partial charge in [-0.1, -0.05) is 6.07 Å². The average Bonchev–Trinajstić information content (AvgIpc) is 3.28. The number of benzene rings is 1. The zero-order chi connectivity index (χ0) is 25.9. The lowest BCUT2D eigenvalue weighted by molar-refractivity contribution is -0.155. The number of nitrogens with one attached hydrogen (secondary N) is 1. The third kappa shape index (κ3) is 4.97. The molecule has 0 spiro atoms. The molecule has 0 aliphatic rings. The van der Waals surface area contributed by atoms with Crippen LogP contribution in [0.3, 0.4) is 0 Å². The first-order valence-corrected chi connectivity index (χ1v) is 10.6. The fourth-order valence-electron chi connectivity index (χ4n) is 3.56. The van der Waals surface area contributed by atoms with Crippen molar-refractivity contribution >= 4 is 5.91 Å². The molecule has 0 aliphatic carbocycles. The Labute approximate surface area is 203 Å². The fraction of sp³-hybridized carbons (Fsp3) is 0.208. The number of hydrogen-bond acceptors (Lipinski definition) is 7. The third-order valence-corrected chi connectivity index (χ3v) is 5.39. The summed E-state index contributed by atoms with van der Waals surface area (Å²) in [6.07, 6.45) is 0.349. The van der Waals surface area contributed by atoms with Crippen LogP contribution in [0.1, 0.15) is 27.7 Å². The van der Waals surface area contributed by atoms with Gasteiger partial charge in [-0.05, 0) is 37.3 Å². The van der Waals surface area contributed by atoms with E-state index < -0.39 is 18.1 Å². The van der Waals surface area contributed by atoms with E-state index in [9.17, 15) is 18.0 Å². The van der Waals surface area contributed by atoms with Gasteiger partial charge >= 0.3 is 6.18 Å². The van der Waals surface area contributed by atoms with Gasteiger partial charge in [0.25, 0.3) is 11.9 Å².